The Bertz CT molecular complexity index is 1580. The van der Waals surface area contributed by atoms with Crippen LogP contribution in [-0.2, 0) is 22.4 Å². The summed E-state index contributed by atoms with van der Waals surface area (Å²) in [5.41, 5.74) is 3.00. The second kappa shape index (κ2) is 13.3. The number of morpholine rings is 1. The highest BCUT2D eigenvalue weighted by atomic mass is 35.5. The molecular formula is C34H41ClN6O4. The van der Waals surface area contributed by atoms with Crippen LogP contribution >= 0.6 is 11.6 Å². The third-order valence-corrected chi connectivity index (χ3v) is 8.92. The molecule has 2 fully saturated rings. The molecule has 1 amide bonds. The van der Waals surface area contributed by atoms with Gasteiger partial charge in [0, 0.05) is 81.1 Å². The van der Waals surface area contributed by atoms with Gasteiger partial charge in [-0.15, -0.1) is 0 Å². The van der Waals surface area contributed by atoms with Gasteiger partial charge in [-0.1, -0.05) is 35.9 Å². The Labute approximate surface area is 270 Å². The van der Waals surface area contributed by atoms with Crippen LogP contribution in [0.5, 0.6) is 5.88 Å². The van der Waals surface area contributed by atoms with Crippen LogP contribution in [0.2, 0.25) is 5.02 Å². The van der Waals surface area contributed by atoms with E-state index >= 15 is 0 Å². The van der Waals surface area contributed by atoms with Gasteiger partial charge < -0.3 is 28.9 Å². The first-order valence-electron chi connectivity index (χ1n) is 15.8. The Morgan fingerprint density at radius 1 is 1.00 bits per heavy atom. The molecule has 11 heteroatoms. The van der Waals surface area contributed by atoms with E-state index < -0.39 is 5.60 Å². The molecule has 238 valence electrons. The molecule has 2 saturated heterocycles. The van der Waals surface area contributed by atoms with Crippen molar-refractivity contribution in [2.24, 2.45) is 0 Å². The summed E-state index contributed by atoms with van der Waals surface area (Å²) in [7, 11) is 0. The number of rotatable bonds is 6. The fourth-order valence-electron chi connectivity index (χ4n) is 6.34. The predicted octanol–water partition coefficient (Wildman–Crippen LogP) is 5.09. The van der Waals surface area contributed by atoms with Gasteiger partial charge in [0.15, 0.2) is 0 Å². The number of nitriles is 1. The van der Waals surface area contributed by atoms with Gasteiger partial charge in [0.25, 0.3) is 0 Å². The minimum absolute atomic E-state index is 0.298. The molecule has 0 unspecified atom stereocenters. The number of benzene rings is 2. The molecule has 0 aliphatic carbocycles. The van der Waals surface area contributed by atoms with E-state index in [2.05, 4.69) is 45.0 Å². The number of carbonyl (C=O) groups excluding carboxylic acids is 1. The van der Waals surface area contributed by atoms with Gasteiger partial charge >= 0.3 is 6.09 Å². The Balaban J connectivity index is 1.31. The molecule has 0 atom stereocenters. The number of halogens is 1. The maximum atomic E-state index is 12.8. The average Bonchev–Trinajstić information content (AvgIpc) is 3.04. The lowest BCUT2D eigenvalue weighted by Crippen LogP contribution is -2.50. The molecule has 3 aliphatic heterocycles. The highest BCUT2D eigenvalue weighted by Crippen LogP contribution is 2.39. The van der Waals surface area contributed by atoms with Gasteiger partial charge in [0.1, 0.15) is 29.7 Å². The van der Waals surface area contributed by atoms with Crippen molar-refractivity contribution in [1.82, 2.24) is 14.8 Å². The molecular weight excluding hydrogens is 592 g/mol. The highest BCUT2D eigenvalue weighted by Gasteiger charge is 2.32. The van der Waals surface area contributed by atoms with Crippen molar-refractivity contribution < 1.29 is 19.0 Å². The predicted molar refractivity (Wildman–Crippen MR) is 175 cm³/mol. The number of anilines is 2. The van der Waals surface area contributed by atoms with Crippen LogP contribution in [0.1, 0.15) is 37.5 Å². The second-order valence-electron chi connectivity index (χ2n) is 12.7. The molecule has 2 aromatic carbocycles. The highest BCUT2D eigenvalue weighted by molar-refractivity contribution is 6.36. The van der Waals surface area contributed by atoms with Gasteiger partial charge in [0.2, 0.25) is 5.88 Å². The SMILES string of the molecule is CC(C)(C)OC(=O)N1CCN(c2nc(OCCN3CCOCC3)c(C#N)c3c2CCN(c2cccc4cccc(Cl)c24)C3)CC1. The van der Waals surface area contributed by atoms with E-state index in [0.29, 0.717) is 75.4 Å². The molecule has 6 rings (SSSR count). The summed E-state index contributed by atoms with van der Waals surface area (Å²) < 4.78 is 17.4. The maximum absolute atomic E-state index is 12.8. The van der Waals surface area contributed by atoms with E-state index in [9.17, 15) is 10.1 Å². The van der Waals surface area contributed by atoms with Crippen LogP contribution in [0.4, 0.5) is 16.3 Å². The third kappa shape index (κ3) is 6.91. The summed E-state index contributed by atoms with van der Waals surface area (Å²) >= 11 is 6.72. The van der Waals surface area contributed by atoms with Crippen LogP contribution in [0.3, 0.4) is 0 Å². The monoisotopic (exact) mass is 632 g/mol. The van der Waals surface area contributed by atoms with Gasteiger partial charge in [-0.05, 0) is 44.7 Å². The normalized spacial score (nSPS) is 17.6. The number of amides is 1. The third-order valence-electron chi connectivity index (χ3n) is 8.60. The molecule has 0 N–H and O–H groups in total. The van der Waals surface area contributed by atoms with E-state index in [0.717, 1.165) is 59.6 Å². The summed E-state index contributed by atoms with van der Waals surface area (Å²) in [6, 6.07) is 14.6. The van der Waals surface area contributed by atoms with E-state index in [4.69, 9.17) is 30.8 Å². The summed E-state index contributed by atoms with van der Waals surface area (Å²) in [6.07, 6.45) is 0.418. The van der Waals surface area contributed by atoms with Crippen molar-refractivity contribution in [2.75, 3.05) is 82.0 Å². The topological polar surface area (TPSA) is 94.4 Å². The second-order valence-corrected chi connectivity index (χ2v) is 13.1. The molecule has 0 bridgehead atoms. The van der Waals surface area contributed by atoms with Crippen molar-refractivity contribution in [3.05, 3.63) is 58.1 Å². The van der Waals surface area contributed by atoms with Crippen molar-refractivity contribution in [3.63, 3.8) is 0 Å². The molecule has 0 spiro atoms. The van der Waals surface area contributed by atoms with Crippen LogP contribution < -0.4 is 14.5 Å². The summed E-state index contributed by atoms with van der Waals surface area (Å²) in [4.78, 5) is 26.4. The zero-order valence-electron chi connectivity index (χ0n) is 26.4. The van der Waals surface area contributed by atoms with Crippen molar-refractivity contribution in [3.8, 4) is 11.9 Å². The quantitative estimate of drug-likeness (QED) is 0.368. The number of piperazine rings is 1. The van der Waals surface area contributed by atoms with Gasteiger partial charge in [-0.3, -0.25) is 4.90 Å². The number of pyridine rings is 1. The zero-order chi connectivity index (χ0) is 31.6. The molecule has 0 saturated carbocycles. The zero-order valence-corrected chi connectivity index (χ0v) is 27.1. The summed E-state index contributed by atoms with van der Waals surface area (Å²) in [5, 5.41) is 13.3. The van der Waals surface area contributed by atoms with Gasteiger partial charge in [-0.2, -0.15) is 10.2 Å². The molecule has 1 aromatic heterocycles. The van der Waals surface area contributed by atoms with Crippen LogP contribution in [0, 0.1) is 11.3 Å². The Morgan fingerprint density at radius 3 is 2.44 bits per heavy atom. The first-order chi connectivity index (χ1) is 21.7. The van der Waals surface area contributed by atoms with E-state index in [1.54, 1.807) is 4.90 Å². The first kappa shape index (κ1) is 31.2. The lowest BCUT2D eigenvalue weighted by molar-refractivity contribution is 0.0240. The van der Waals surface area contributed by atoms with Crippen LogP contribution in [-0.4, -0.2) is 98.7 Å². The number of ether oxygens (including phenoxy) is 3. The lowest BCUT2D eigenvalue weighted by Gasteiger charge is -2.39. The molecule has 45 heavy (non-hydrogen) atoms. The van der Waals surface area contributed by atoms with E-state index in [1.165, 1.54) is 0 Å². The lowest BCUT2D eigenvalue weighted by atomic mass is 9.94. The number of aromatic nitrogens is 1. The minimum Gasteiger partial charge on any atom is -0.475 e. The van der Waals surface area contributed by atoms with Crippen molar-refractivity contribution in [1.29, 1.82) is 5.26 Å². The number of hydrogen-bond acceptors (Lipinski definition) is 9. The van der Waals surface area contributed by atoms with Gasteiger partial charge in [-0.25, -0.2) is 4.79 Å². The summed E-state index contributed by atoms with van der Waals surface area (Å²) in [5.74, 6) is 1.21. The first-order valence-corrected chi connectivity index (χ1v) is 16.1. The maximum Gasteiger partial charge on any atom is 0.410 e. The smallest absolute Gasteiger partial charge is 0.410 e. The largest absolute Gasteiger partial charge is 0.475 e. The molecule has 3 aromatic rings. The van der Waals surface area contributed by atoms with Crippen LogP contribution in [0.25, 0.3) is 10.8 Å². The number of carbonyl (C=O) groups is 1. The molecule has 4 heterocycles. The van der Waals surface area contributed by atoms with Gasteiger partial charge in [0.05, 0.1) is 18.2 Å². The summed E-state index contributed by atoms with van der Waals surface area (Å²) in [6.45, 7) is 13.5. The molecule has 3 aliphatic rings. The Morgan fingerprint density at radius 2 is 1.73 bits per heavy atom. The van der Waals surface area contributed by atoms with E-state index in [1.807, 2.05) is 32.9 Å². The molecule has 0 radical (unpaired) electrons. The number of fused-ring (bicyclic) bond motifs is 2. The average molecular weight is 633 g/mol. The Kier molecular flexibility index (Phi) is 9.22. The van der Waals surface area contributed by atoms with Crippen molar-refractivity contribution >= 4 is 40.0 Å². The standard InChI is InChI=1S/C34H41ClN6O4/c1-34(2,3)45-33(42)40-14-12-39(13-15-40)31-25-10-11-41(29-9-5-7-24-6-4-8-28(35)30(24)29)23-27(25)26(22-36)32(37-31)44-21-18-38-16-19-43-20-17-38/h4-9H,10-21,23H2,1-3H3. The fraction of sp³-hybridized carbons (Fsp3) is 0.500. The van der Waals surface area contributed by atoms with Crippen LogP contribution in [0.15, 0.2) is 36.4 Å². The Hall–Kier alpha value is -3.78. The fourth-order valence-corrected chi connectivity index (χ4v) is 6.62. The molecule has 10 nitrogen and oxygen atoms in total. The number of hydrogen-bond donors (Lipinski definition) is 0. The van der Waals surface area contributed by atoms with Crippen molar-refractivity contribution in [2.45, 2.75) is 39.3 Å². The number of nitrogens with zero attached hydrogens (tertiary/aromatic N) is 6. The van der Waals surface area contributed by atoms with E-state index in [-0.39, 0.29) is 6.09 Å². The minimum atomic E-state index is -0.546.